The Morgan fingerprint density at radius 3 is 2.43 bits per heavy atom. The average Bonchev–Trinajstić information content (AvgIpc) is 2.50. The molecule has 2 rings (SSSR count). The molecule has 0 unspecified atom stereocenters. The third-order valence-electron chi connectivity index (χ3n) is 3.04. The first-order chi connectivity index (χ1) is 10.9. The monoisotopic (exact) mass is 354 g/mol. The van der Waals surface area contributed by atoms with Crippen LogP contribution in [0.3, 0.4) is 0 Å². The van der Waals surface area contributed by atoms with Gasteiger partial charge in [0.2, 0.25) is 0 Å². The molecule has 0 bridgehead atoms. The summed E-state index contributed by atoms with van der Waals surface area (Å²) in [7, 11) is 0. The smallest absolute Gasteiger partial charge is 0.276 e. The Hall–Kier alpha value is -2.31. The van der Waals surface area contributed by atoms with Gasteiger partial charge in [0.05, 0.1) is 26.2 Å². The Labute approximate surface area is 142 Å². The van der Waals surface area contributed by atoms with E-state index in [1.807, 2.05) is 0 Å². The summed E-state index contributed by atoms with van der Waals surface area (Å²) >= 11 is 11.9. The van der Waals surface area contributed by atoms with E-state index >= 15 is 0 Å². The van der Waals surface area contributed by atoms with Crippen LogP contribution in [0.15, 0.2) is 36.4 Å². The fraction of sp³-hybridized carbons (Fsp3) is 0.133. The molecule has 0 fully saturated rings. The number of ether oxygens (including phenoxy) is 1. The van der Waals surface area contributed by atoms with Gasteiger partial charge in [-0.1, -0.05) is 35.3 Å². The zero-order valence-corrected chi connectivity index (χ0v) is 13.5. The molecule has 0 aromatic heterocycles. The Morgan fingerprint density at radius 1 is 1.22 bits per heavy atom. The number of carbonyl (C=O) groups is 1. The Bertz CT molecular complexity index is 745. The van der Waals surface area contributed by atoms with Crippen molar-refractivity contribution in [2.24, 2.45) is 0 Å². The fourth-order valence-corrected chi connectivity index (χ4v) is 2.39. The molecule has 0 aliphatic heterocycles. The van der Waals surface area contributed by atoms with Crippen molar-refractivity contribution >= 4 is 40.5 Å². The minimum Gasteiger partial charge on any atom is -0.483 e. The number of benzene rings is 2. The lowest BCUT2D eigenvalue weighted by molar-refractivity contribution is -0.385. The summed E-state index contributed by atoms with van der Waals surface area (Å²) in [4.78, 5) is 22.3. The van der Waals surface area contributed by atoms with Gasteiger partial charge in [-0.25, -0.2) is 0 Å². The van der Waals surface area contributed by atoms with Crippen LogP contribution in [0.5, 0.6) is 5.75 Å². The fourth-order valence-electron chi connectivity index (χ4n) is 1.89. The zero-order chi connectivity index (χ0) is 17.0. The maximum absolute atomic E-state index is 11.9. The lowest BCUT2D eigenvalue weighted by Crippen LogP contribution is -2.20. The lowest BCUT2D eigenvalue weighted by Gasteiger charge is -2.11. The first-order valence-electron chi connectivity index (χ1n) is 6.51. The molecule has 0 spiro atoms. The van der Waals surface area contributed by atoms with E-state index < -0.39 is 10.8 Å². The number of amides is 1. The number of anilines is 1. The summed E-state index contributed by atoms with van der Waals surface area (Å²) in [5, 5.41) is 14.0. The van der Waals surface area contributed by atoms with Gasteiger partial charge < -0.3 is 10.1 Å². The zero-order valence-electron chi connectivity index (χ0n) is 12.0. The van der Waals surface area contributed by atoms with Crippen LogP contribution in [-0.2, 0) is 4.79 Å². The highest BCUT2D eigenvalue weighted by Crippen LogP contribution is 2.30. The van der Waals surface area contributed by atoms with E-state index in [1.54, 1.807) is 31.2 Å². The van der Waals surface area contributed by atoms with Crippen LogP contribution in [0.2, 0.25) is 10.0 Å². The molecule has 0 aliphatic rings. The number of hydrogen-bond acceptors (Lipinski definition) is 4. The van der Waals surface area contributed by atoms with E-state index in [-0.39, 0.29) is 18.0 Å². The summed E-state index contributed by atoms with van der Waals surface area (Å²) in [6.45, 7) is 1.22. The molecule has 0 heterocycles. The normalized spacial score (nSPS) is 10.2. The molecule has 120 valence electrons. The van der Waals surface area contributed by atoms with Crippen LogP contribution in [0.1, 0.15) is 5.56 Å². The van der Waals surface area contributed by atoms with Crippen molar-refractivity contribution in [3.8, 4) is 5.75 Å². The molecule has 0 atom stereocenters. The Morgan fingerprint density at radius 2 is 1.83 bits per heavy atom. The van der Waals surface area contributed by atoms with Crippen LogP contribution in [0, 0.1) is 17.0 Å². The number of hydrogen-bond donors (Lipinski definition) is 1. The maximum atomic E-state index is 11.9. The van der Waals surface area contributed by atoms with Crippen LogP contribution in [0.4, 0.5) is 11.4 Å². The second-order valence-electron chi connectivity index (χ2n) is 4.59. The molecule has 1 N–H and O–H groups in total. The summed E-state index contributed by atoms with van der Waals surface area (Å²) in [6, 6.07) is 9.25. The molecule has 8 heteroatoms. The molecule has 2 aromatic carbocycles. The minimum absolute atomic E-state index is 0.0722. The number of nitrogens with one attached hydrogen (secondary N) is 1. The van der Waals surface area contributed by atoms with Crippen molar-refractivity contribution in [3.05, 3.63) is 62.1 Å². The molecule has 0 saturated heterocycles. The SMILES string of the molecule is Cc1c(OCC(=O)Nc2c(Cl)cccc2Cl)cccc1[N+](=O)[O-]. The van der Waals surface area contributed by atoms with Gasteiger partial charge in [0.1, 0.15) is 5.75 Å². The third-order valence-corrected chi connectivity index (χ3v) is 3.67. The van der Waals surface area contributed by atoms with E-state index in [1.165, 1.54) is 12.1 Å². The number of nitrogens with zero attached hydrogens (tertiary/aromatic N) is 1. The molecule has 6 nitrogen and oxygen atoms in total. The highest BCUT2D eigenvalue weighted by atomic mass is 35.5. The standard InChI is InChI=1S/C15H12Cl2N2O4/c1-9-12(19(21)22)6-3-7-13(9)23-8-14(20)18-15-10(16)4-2-5-11(15)17/h2-7H,8H2,1H3,(H,18,20). The van der Waals surface area contributed by atoms with Crippen LogP contribution in [0.25, 0.3) is 0 Å². The molecule has 23 heavy (non-hydrogen) atoms. The van der Waals surface area contributed by atoms with Crippen molar-refractivity contribution in [2.75, 3.05) is 11.9 Å². The predicted octanol–water partition coefficient (Wildman–Crippen LogP) is 4.23. The second kappa shape index (κ2) is 7.30. The largest absolute Gasteiger partial charge is 0.483 e. The molecular weight excluding hydrogens is 343 g/mol. The van der Waals surface area contributed by atoms with Crippen molar-refractivity contribution < 1.29 is 14.5 Å². The first kappa shape index (κ1) is 17.1. The van der Waals surface area contributed by atoms with E-state index in [0.29, 0.717) is 21.3 Å². The van der Waals surface area contributed by atoms with E-state index in [0.717, 1.165) is 0 Å². The summed E-state index contributed by atoms with van der Waals surface area (Å²) in [6.07, 6.45) is 0. The highest BCUT2D eigenvalue weighted by Gasteiger charge is 2.15. The predicted molar refractivity (Wildman–Crippen MR) is 88.4 cm³/mol. The van der Waals surface area contributed by atoms with Crippen molar-refractivity contribution in [1.82, 2.24) is 0 Å². The average molecular weight is 355 g/mol. The molecule has 0 aliphatic carbocycles. The summed E-state index contributed by atoms with van der Waals surface area (Å²) in [5.74, 6) is -0.217. The van der Waals surface area contributed by atoms with Gasteiger partial charge in [-0.15, -0.1) is 0 Å². The molecule has 2 aromatic rings. The first-order valence-corrected chi connectivity index (χ1v) is 7.26. The number of para-hydroxylation sites is 1. The number of nitro benzene ring substituents is 1. The van der Waals surface area contributed by atoms with Gasteiger partial charge >= 0.3 is 0 Å². The second-order valence-corrected chi connectivity index (χ2v) is 5.41. The molecule has 0 radical (unpaired) electrons. The van der Waals surface area contributed by atoms with Crippen LogP contribution < -0.4 is 10.1 Å². The molecule has 0 saturated carbocycles. The van der Waals surface area contributed by atoms with Crippen molar-refractivity contribution in [3.63, 3.8) is 0 Å². The number of rotatable bonds is 5. The molecule has 1 amide bonds. The van der Waals surface area contributed by atoms with Gasteiger partial charge in [-0.05, 0) is 25.1 Å². The third kappa shape index (κ3) is 4.12. The highest BCUT2D eigenvalue weighted by molar-refractivity contribution is 6.39. The van der Waals surface area contributed by atoms with Gasteiger partial charge in [0.15, 0.2) is 6.61 Å². The topological polar surface area (TPSA) is 81.5 Å². The lowest BCUT2D eigenvalue weighted by atomic mass is 10.2. The van der Waals surface area contributed by atoms with Gasteiger partial charge in [-0.2, -0.15) is 0 Å². The quantitative estimate of drug-likeness (QED) is 0.643. The summed E-state index contributed by atoms with van der Waals surface area (Å²) < 4.78 is 5.34. The maximum Gasteiger partial charge on any atom is 0.276 e. The number of nitro groups is 1. The summed E-state index contributed by atoms with van der Waals surface area (Å²) in [5.41, 5.74) is 0.568. The van der Waals surface area contributed by atoms with Crippen LogP contribution >= 0.6 is 23.2 Å². The van der Waals surface area contributed by atoms with Gasteiger partial charge in [0, 0.05) is 6.07 Å². The Kier molecular flexibility index (Phi) is 5.41. The van der Waals surface area contributed by atoms with Gasteiger partial charge in [-0.3, -0.25) is 14.9 Å². The van der Waals surface area contributed by atoms with E-state index in [2.05, 4.69) is 5.32 Å². The Balaban J connectivity index is 2.06. The van der Waals surface area contributed by atoms with Crippen molar-refractivity contribution in [2.45, 2.75) is 6.92 Å². The minimum atomic E-state index is -0.508. The van der Waals surface area contributed by atoms with E-state index in [9.17, 15) is 14.9 Å². The number of halogens is 2. The van der Waals surface area contributed by atoms with Crippen LogP contribution in [-0.4, -0.2) is 17.4 Å². The van der Waals surface area contributed by atoms with Gasteiger partial charge in [0.25, 0.3) is 11.6 Å². The van der Waals surface area contributed by atoms with E-state index in [4.69, 9.17) is 27.9 Å². The van der Waals surface area contributed by atoms with Crippen molar-refractivity contribution in [1.29, 1.82) is 0 Å². The molecular formula is C15H12Cl2N2O4. The number of carbonyl (C=O) groups excluding carboxylic acids is 1.